The van der Waals surface area contributed by atoms with Gasteiger partial charge in [-0.1, -0.05) is 12.0 Å². The Hall–Kier alpha value is -2.53. The number of fused-ring (bicyclic) bond motifs is 1. The largest absolute Gasteiger partial charge is 0.482 e. The fourth-order valence-electron chi connectivity index (χ4n) is 2.20. The van der Waals surface area contributed by atoms with E-state index in [4.69, 9.17) is 10.3 Å². The van der Waals surface area contributed by atoms with E-state index in [0.29, 0.717) is 23.5 Å². The van der Waals surface area contributed by atoms with Gasteiger partial charge in [-0.05, 0) is 37.1 Å². The summed E-state index contributed by atoms with van der Waals surface area (Å²) in [5, 5.41) is 3.40. The number of rotatable bonds is 5. The number of anilines is 1. The molecule has 0 aliphatic carbocycles. The van der Waals surface area contributed by atoms with Crippen molar-refractivity contribution in [2.24, 2.45) is 5.11 Å². The van der Waals surface area contributed by atoms with Gasteiger partial charge in [-0.2, -0.15) is 0 Å². The number of nitrogens with zero attached hydrogens (tertiary/aromatic N) is 4. The zero-order chi connectivity index (χ0) is 15.4. The van der Waals surface area contributed by atoms with Crippen molar-refractivity contribution in [1.82, 2.24) is 0 Å². The molecule has 1 aliphatic heterocycles. The van der Waals surface area contributed by atoms with E-state index in [1.54, 1.807) is 23.1 Å². The molecule has 7 heteroatoms. The van der Waals surface area contributed by atoms with Crippen LogP contribution in [0.5, 0.6) is 5.75 Å². The van der Waals surface area contributed by atoms with Gasteiger partial charge in [0.1, 0.15) is 5.75 Å². The number of carbonyl (C=O) groups excluding carboxylic acids is 2. The molecule has 0 saturated carbocycles. The molecule has 0 spiro atoms. The lowest BCUT2D eigenvalue weighted by atomic mass is 10.0. The number of amides is 1. The van der Waals surface area contributed by atoms with Crippen molar-refractivity contribution in [1.29, 1.82) is 0 Å². The Kier molecular flexibility index (Phi) is 4.45. The van der Waals surface area contributed by atoms with Crippen LogP contribution in [0.25, 0.3) is 10.4 Å². The molecule has 0 fully saturated rings. The molecule has 1 aromatic rings. The smallest absolute Gasteiger partial charge is 0.265 e. The molecule has 1 atom stereocenters. The summed E-state index contributed by atoms with van der Waals surface area (Å²) in [6.07, 6.45) is 0.804. The van der Waals surface area contributed by atoms with Crippen molar-refractivity contribution in [3.05, 3.63) is 34.2 Å². The van der Waals surface area contributed by atoms with Crippen LogP contribution in [0.4, 0.5) is 5.69 Å². The van der Waals surface area contributed by atoms with Gasteiger partial charge in [0.15, 0.2) is 12.4 Å². The molecule has 110 valence electrons. The second kappa shape index (κ2) is 6.28. The molecule has 0 aromatic heterocycles. The van der Waals surface area contributed by atoms with Crippen molar-refractivity contribution in [2.45, 2.75) is 26.3 Å². The molecule has 0 N–H and O–H groups in total. The lowest BCUT2D eigenvalue weighted by Crippen LogP contribution is -2.39. The maximum absolute atomic E-state index is 12.2. The van der Waals surface area contributed by atoms with E-state index in [1.807, 2.05) is 6.92 Å². The summed E-state index contributed by atoms with van der Waals surface area (Å²) in [7, 11) is 0. The Morgan fingerprint density at radius 3 is 3.00 bits per heavy atom. The van der Waals surface area contributed by atoms with Gasteiger partial charge < -0.3 is 9.64 Å². The number of azide groups is 1. The molecule has 1 unspecified atom stereocenters. The van der Waals surface area contributed by atoms with Crippen LogP contribution in [-0.2, 0) is 4.79 Å². The standard InChI is InChI=1S/C14H16N4O3/c1-3-6-18-11-7-10(14(20)9(2)16-17-15)4-5-12(11)21-8-13(18)19/h4-5,7,9H,3,6,8H2,1-2H3. The molecule has 0 bridgehead atoms. The maximum atomic E-state index is 12.2. The van der Waals surface area contributed by atoms with E-state index >= 15 is 0 Å². The minimum Gasteiger partial charge on any atom is -0.482 e. The molecule has 2 rings (SSSR count). The second-order valence-corrected chi connectivity index (χ2v) is 4.76. The molecule has 1 heterocycles. The zero-order valence-electron chi connectivity index (χ0n) is 11.9. The number of ketones is 1. The summed E-state index contributed by atoms with van der Waals surface area (Å²) < 4.78 is 5.37. The highest BCUT2D eigenvalue weighted by Crippen LogP contribution is 2.33. The van der Waals surface area contributed by atoms with Crippen LogP contribution in [0, 0.1) is 0 Å². The van der Waals surface area contributed by atoms with Crippen LogP contribution in [0.1, 0.15) is 30.6 Å². The summed E-state index contributed by atoms with van der Waals surface area (Å²) in [4.78, 5) is 28.3. The van der Waals surface area contributed by atoms with Crippen LogP contribution in [-0.4, -0.2) is 30.9 Å². The van der Waals surface area contributed by atoms with Gasteiger partial charge in [0.25, 0.3) is 5.91 Å². The van der Waals surface area contributed by atoms with Crippen molar-refractivity contribution in [2.75, 3.05) is 18.1 Å². The van der Waals surface area contributed by atoms with Crippen molar-refractivity contribution < 1.29 is 14.3 Å². The normalized spacial score (nSPS) is 14.8. The monoisotopic (exact) mass is 288 g/mol. The fourth-order valence-corrected chi connectivity index (χ4v) is 2.20. The predicted molar refractivity (Wildman–Crippen MR) is 77.5 cm³/mol. The second-order valence-electron chi connectivity index (χ2n) is 4.76. The minimum absolute atomic E-state index is 0.00935. The topological polar surface area (TPSA) is 95.4 Å². The SMILES string of the molecule is CCCN1C(=O)COc2ccc(C(=O)C(C)N=[N+]=[N-])cc21. The first kappa shape index (κ1) is 14.9. The highest BCUT2D eigenvalue weighted by Gasteiger charge is 2.26. The summed E-state index contributed by atoms with van der Waals surface area (Å²) in [5.41, 5.74) is 9.39. The number of benzene rings is 1. The molecule has 1 aromatic carbocycles. The van der Waals surface area contributed by atoms with E-state index in [1.165, 1.54) is 6.92 Å². The number of ether oxygens (including phenoxy) is 1. The van der Waals surface area contributed by atoms with Crippen LogP contribution >= 0.6 is 0 Å². The number of hydrogen-bond donors (Lipinski definition) is 0. The molecule has 7 nitrogen and oxygen atoms in total. The first-order valence-electron chi connectivity index (χ1n) is 6.74. The quantitative estimate of drug-likeness (QED) is 0.360. The molecule has 0 saturated heterocycles. The van der Waals surface area contributed by atoms with Gasteiger partial charge in [0, 0.05) is 17.0 Å². The summed E-state index contributed by atoms with van der Waals surface area (Å²) >= 11 is 0. The summed E-state index contributed by atoms with van der Waals surface area (Å²) in [6.45, 7) is 4.09. The highest BCUT2D eigenvalue weighted by molar-refractivity contribution is 6.03. The Labute approximate surface area is 122 Å². The first-order valence-corrected chi connectivity index (χ1v) is 6.74. The molecule has 0 radical (unpaired) electrons. The van der Waals surface area contributed by atoms with Crippen LogP contribution < -0.4 is 9.64 Å². The van der Waals surface area contributed by atoms with Gasteiger partial charge in [0.2, 0.25) is 0 Å². The summed E-state index contributed by atoms with van der Waals surface area (Å²) in [6, 6.07) is 4.12. The van der Waals surface area contributed by atoms with Crippen molar-refractivity contribution >= 4 is 17.4 Å². The molecular formula is C14H16N4O3. The van der Waals surface area contributed by atoms with Gasteiger partial charge in [-0.3, -0.25) is 9.59 Å². The van der Waals surface area contributed by atoms with Gasteiger partial charge in [0.05, 0.1) is 11.7 Å². The predicted octanol–water partition coefficient (Wildman–Crippen LogP) is 2.70. The number of Topliss-reactive ketones (excluding diaryl/α,β-unsaturated/α-hetero) is 1. The maximum Gasteiger partial charge on any atom is 0.265 e. The third-order valence-corrected chi connectivity index (χ3v) is 3.24. The average molecular weight is 288 g/mol. The Morgan fingerprint density at radius 1 is 1.57 bits per heavy atom. The van der Waals surface area contributed by atoms with Gasteiger partial charge in [-0.15, -0.1) is 0 Å². The van der Waals surface area contributed by atoms with Crippen molar-refractivity contribution in [3.63, 3.8) is 0 Å². The Morgan fingerprint density at radius 2 is 2.33 bits per heavy atom. The lowest BCUT2D eigenvalue weighted by molar-refractivity contribution is -0.121. The zero-order valence-corrected chi connectivity index (χ0v) is 11.9. The molecule has 21 heavy (non-hydrogen) atoms. The van der Waals surface area contributed by atoms with E-state index in [0.717, 1.165) is 6.42 Å². The third kappa shape index (κ3) is 2.98. The van der Waals surface area contributed by atoms with Gasteiger partial charge >= 0.3 is 0 Å². The van der Waals surface area contributed by atoms with E-state index in [-0.39, 0.29) is 18.3 Å². The molecular weight excluding hydrogens is 272 g/mol. The van der Waals surface area contributed by atoms with Crippen molar-refractivity contribution in [3.8, 4) is 5.75 Å². The Bertz CT molecular complexity index is 623. The number of hydrogen-bond acceptors (Lipinski definition) is 4. The van der Waals surface area contributed by atoms with Crippen LogP contribution in [0.2, 0.25) is 0 Å². The third-order valence-electron chi connectivity index (χ3n) is 3.24. The Balaban J connectivity index is 2.38. The van der Waals surface area contributed by atoms with Crippen LogP contribution in [0.15, 0.2) is 23.3 Å². The molecule has 1 aliphatic rings. The minimum atomic E-state index is -0.784. The first-order chi connectivity index (χ1) is 10.1. The van der Waals surface area contributed by atoms with Gasteiger partial charge in [-0.25, -0.2) is 0 Å². The van der Waals surface area contributed by atoms with E-state index < -0.39 is 6.04 Å². The fraction of sp³-hybridized carbons (Fsp3) is 0.429. The highest BCUT2D eigenvalue weighted by atomic mass is 16.5. The van der Waals surface area contributed by atoms with E-state index in [2.05, 4.69) is 10.0 Å². The van der Waals surface area contributed by atoms with E-state index in [9.17, 15) is 9.59 Å². The van der Waals surface area contributed by atoms with Crippen LogP contribution in [0.3, 0.4) is 0 Å². The number of carbonyl (C=O) groups is 2. The lowest BCUT2D eigenvalue weighted by Gasteiger charge is -2.29. The summed E-state index contributed by atoms with van der Waals surface area (Å²) in [5.74, 6) is 0.165. The molecule has 1 amide bonds. The average Bonchev–Trinajstić information content (AvgIpc) is 2.49.